The van der Waals surface area contributed by atoms with Gasteiger partial charge in [0, 0.05) is 5.69 Å². The summed E-state index contributed by atoms with van der Waals surface area (Å²) in [6.07, 6.45) is 0. The number of nitrogens with two attached hydrogens (primary N) is 1. The molecule has 2 rings (SSSR count). The lowest BCUT2D eigenvalue weighted by Crippen LogP contribution is -2.27. The van der Waals surface area contributed by atoms with Crippen molar-refractivity contribution < 1.29 is 4.79 Å². The van der Waals surface area contributed by atoms with Crippen LogP contribution < -0.4 is 11.1 Å². The Morgan fingerprint density at radius 2 is 1.71 bits per heavy atom. The number of anilines is 1. The average Bonchev–Trinajstić information content (AvgIpc) is 2.54. The summed E-state index contributed by atoms with van der Waals surface area (Å²) < 4.78 is 0. The van der Waals surface area contributed by atoms with Crippen molar-refractivity contribution in [2.45, 2.75) is 6.04 Å². The summed E-state index contributed by atoms with van der Waals surface area (Å²) in [6, 6.07) is 16.5. The standard InChI is InChI=1S/C16H12N4O/c17-9-12-6-7-14(8-13(12)10-18)20-16(21)15(19)11-4-2-1-3-5-11/h1-8,15H,19H2,(H,20,21)/t15-/m1/s1. The van der Waals surface area contributed by atoms with Crippen molar-refractivity contribution in [3.63, 3.8) is 0 Å². The van der Waals surface area contributed by atoms with Gasteiger partial charge in [0.05, 0.1) is 11.1 Å². The molecule has 1 atom stereocenters. The van der Waals surface area contributed by atoms with E-state index in [1.54, 1.807) is 30.3 Å². The second-order valence-electron chi connectivity index (χ2n) is 4.36. The molecule has 0 aliphatic rings. The van der Waals surface area contributed by atoms with Crippen LogP contribution >= 0.6 is 0 Å². The predicted octanol–water partition coefficient (Wildman–Crippen LogP) is 2.07. The maximum absolute atomic E-state index is 12.1. The Hall–Kier alpha value is -3.15. The summed E-state index contributed by atoms with van der Waals surface area (Å²) in [5, 5.41) is 20.4. The predicted molar refractivity (Wildman–Crippen MR) is 77.9 cm³/mol. The third kappa shape index (κ3) is 3.24. The zero-order valence-corrected chi connectivity index (χ0v) is 11.1. The summed E-state index contributed by atoms with van der Waals surface area (Å²) in [5.41, 5.74) is 7.49. The van der Waals surface area contributed by atoms with E-state index in [0.29, 0.717) is 11.3 Å². The highest BCUT2D eigenvalue weighted by Crippen LogP contribution is 2.17. The molecule has 2 aromatic rings. The molecule has 102 valence electrons. The van der Waals surface area contributed by atoms with Crippen LogP contribution in [0.25, 0.3) is 0 Å². The molecule has 3 N–H and O–H groups in total. The topological polar surface area (TPSA) is 103 Å². The molecule has 1 amide bonds. The summed E-state index contributed by atoms with van der Waals surface area (Å²) in [4.78, 5) is 12.1. The minimum Gasteiger partial charge on any atom is -0.324 e. The molecule has 2 aromatic carbocycles. The Bertz CT molecular complexity index is 741. The van der Waals surface area contributed by atoms with Crippen molar-refractivity contribution in [2.75, 3.05) is 5.32 Å². The van der Waals surface area contributed by atoms with Gasteiger partial charge in [0.15, 0.2) is 0 Å². The highest BCUT2D eigenvalue weighted by Gasteiger charge is 2.16. The molecule has 0 heterocycles. The zero-order chi connectivity index (χ0) is 15.2. The molecule has 0 saturated carbocycles. The number of nitrogens with zero attached hydrogens (tertiary/aromatic N) is 2. The lowest BCUT2D eigenvalue weighted by Gasteiger charge is -2.12. The number of carbonyl (C=O) groups is 1. The number of nitrogens with one attached hydrogen (secondary N) is 1. The fourth-order valence-electron chi connectivity index (χ4n) is 1.84. The molecule has 0 unspecified atom stereocenters. The van der Waals surface area contributed by atoms with E-state index >= 15 is 0 Å². The molecule has 0 aromatic heterocycles. The Labute approximate surface area is 122 Å². The minimum atomic E-state index is -0.799. The van der Waals surface area contributed by atoms with E-state index in [1.165, 1.54) is 12.1 Å². The zero-order valence-electron chi connectivity index (χ0n) is 11.1. The first-order chi connectivity index (χ1) is 10.2. The van der Waals surface area contributed by atoms with Gasteiger partial charge in [0.25, 0.3) is 0 Å². The molecule has 0 saturated heterocycles. The minimum absolute atomic E-state index is 0.212. The molecule has 0 spiro atoms. The molecule has 21 heavy (non-hydrogen) atoms. The molecule has 0 fully saturated rings. The van der Waals surface area contributed by atoms with Gasteiger partial charge in [-0.25, -0.2) is 0 Å². The summed E-state index contributed by atoms with van der Waals surface area (Å²) in [5.74, 6) is -0.380. The van der Waals surface area contributed by atoms with Gasteiger partial charge in [0.2, 0.25) is 5.91 Å². The third-order valence-corrected chi connectivity index (χ3v) is 2.97. The SMILES string of the molecule is N#Cc1ccc(NC(=O)[C@H](N)c2ccccc2)cc1C#N. The number of nitriles is 2. The van der Waals surface area contributed by atoms with Crippen molar-refractivity contribution in [2.24, 2.45) is 5.73 Å². The molecular formula is C16H12N4O. The number of rotatable bonds is 3. The second kappa shape index (κ2) is 6.33. The summed E-state index contributed by atoms with van der Waals surface area (Å²) in [6.45, 7) is 0. The van der Waals surface area contributed by atoms with Crippen LogP contribution in [-0.4, -0.2) is 5.91 Å². The second-order valence-corrected chi connectivity index (χ2v) is 4.36. The smallest absolute Gasteiger partial charge is 0.245 e. The van der Waals surface area contributed by atoms with Gasteiger partial charge in [-0.3, -0.25) is 4.79 Å². The van der Waals surface area contributed by atoms with Crippen LogP contribution in [0.4, 0.5) is 5.69 Å². The van der Waals surface area contributed by atoms with Crippen LogP contribution in [0, 0.1) is 22.7 Å². The number of carbonyl (C=O) groups excluding carboxylic acids is 1. The van der Waals surface area contributed by atoms with Gasteiger partial charge in [-0.1, -0.05) is 30.3 Å². The van der Waals surface area contributed by atoms with Crippen LogP contribution in [0.1, 0.15) is 22.7 Å². The molecule has 0 radical (unpaired) electrons. The maximum atomic E-state index is 12.1. The van der Waals surface area contributed by atoms with Gasteiger partial charge >= 0.3 is 0 Å². The highest BCUT2D eigenvalue weighted by atomic mass is 16.2. The molecule has 5 heteroatoms. The van der Waals surface area contributed by atoms with E-state index in [4.69, 9.17) is 16.3 Å². The monoisotopic (exact) mass is 276 g/mol. The van der Waals surface area contributed by atoms with Crippen LogP contribution in [0.2, 0.25) is 0 Å². The fourth-order valence-corrected chi connectivity index (χ4v) is 1.84. The first-order valence-electron chi connectivity index (χ1n) is 6.21. The fraction of sp³-hybridized carbons (Fsp3) is 0.0625. The van der Waals surface area contributed by atoms with E-state index in [2.05, 4.69) is 5.32 Å². The first-order valence-corrected chi connectivity index (χ1v) is 6.21. The van der Waals surface area contributed by atoms with Crippen molar-refractivity contribution in [3.05, 3.63) is 65.2 Å². The lowest BCUT2D eigenvalue weighted by atomic mass is 10.1. The van der Waals surface area contributed by atoms with E-state index < -0.39 is 6.04 Å². The third-order valence-electron chi connectivity index (χ3n) is 2.97. The largest absolute Gasteiger partial charge is 0.324 e. The van der Waals surface area contributed by atoms with Gasteiger partial charge in [0.1, 0.15) is 18.2 Å². The summed E-state index contributed by atoms with van der Waals surface area (Å²) in [7, 11) is 0. The Balaban J connectivity index is 2.17. The van der Waals surface area contributed by atoms with Crippen molar-refractivity contribution in [1.29, 1.82) is 10.5 Å². The van der Waals surface area contributed by atoms with Crippen molar-refractivity contribution >= 4 is 11.6 Å². The van der Waals surface area contributed by atoms with E-state index in [-0.39, 0.29) is 17.0 Å². The van der Waals surface area contributed by atoms with E-state index in [9.17, 15) is 4.79 Å². The van der Waals surface area contributed by atoms with E-state index in [1.807, 2.05) is 18.2 Å². The molecule has 0 aliphatic heterocycles. The van der Waals surface area contributed by atoms with Crippen LogP contribution in [-0.2, 0) is 4.79 Å². The molecule has 0 bridgehead atoms. The Morgan fingerprint density at radius 1 is 1.05 bits per heavy atom. The number of amides is 1. The first kappa shape index (κ1) is 14.3. The molecule has 5 nitrogen and oxygen atoms in total. The number of hydrogen-bond acceptors (Lipinski definition) is 4. The van der Waals surface area contributed by atoms with Crippen LogP contribution in [0.3, 0.4) is 0 Å². The molecule has 0 aliphatic carbocycles. The van der Waals surface area contributed by atoms with Gasteiger partial charge in [-0.2, -0.15) is 10.5 Å². The van der Waals surface area contributed by atoms with Crippen LogP contribution in [0.15, 0.2) is 48.5 Å². The Morgan fingerprint density at radius 3 is 2.33 bits per heavy atom. The maximum Gasteiger partial charge on any atom is 0.245 e. The normalized spacial score (nSPS) is 11.0. The summed E-state index contributed by atoms with van der Waals surface area (Å²) >= 11 is 0. The van der Waals surface area contributed by atoms with Crippen LogP contribution in [0.5, 0.6) is 0 Å². The number of benzene rings is 2. The van der Waals surface area contributed by atoms with Gasteiger partial charge < -0.3 is 11.1 Å². The number of hydrogen-bond donors (Lipinski definition) is 2. The van der Waals surface area contributed by atoms with E-state index in [0.717, 1.165) is 0 Å². The highest BCUT2D eigenvalue weighted by molar-refractivity contribution is 5.95. The quantitative estimate of drug-likeness (QED) is 0.895. The van der Waals surface area contributed by atoms with Gasteiger partial charge in [-0.05, 0) is 23.8 Å². The van der Waals surface area contributed by atoms with Crippen molar-refractivity contribution in [1.82, 2.24) is 0 Å². The average molecular weight is 276 g/mol. The van der Waals surface area contributed by atoms with Crippen molar-refractivity contribution in [3.8, 4) is 12.1 Å². The van der Waals surface area contributed by atoms with Gasteiger partial charge in [-0.15, -0.1) is 0 Å². The lowest BCUT2D eigenvalue weighted by molar-refractivity contribution is -0.117. The Kier molecular flexibility index (Phi) is 4.30. The molecular weight excluding hydrogens is 264 g/mol.